The van der Waals surface area contributed by atoms with Crippen molar-refractivity contribution in [2.24, 2.45) is 23.7 Å². The molecule has 55 heavy (non-hydrogen) atoms. The highest BCUT2D eigenvalue weighted by Gasteiger charge is 2.10. The van der Waals surface area contributed by atoms with Crippen LogP contribution in [0.2, 0.25) is 0 Å². The average molecular weight is 757 g/mol. The highest BCUT2D eigenvalue weighted by Crippen LogP contribution is 2.30. The Morgan fingerprint density at radius 3 is 1.20 bits per heavy atom. The number of anilines is 2. The van der Waals surface area contributed by atoms with Gasteiger partial charge in [0.25, 0.3) is 0 Å². The van der Waals surface area contributed by atoms with Crippen LogP contribution in [-0.4, -0.2) is 39.7 Å². The molecule has 8 rings (SSSR count). The Bertz CT molecular complexity index is 1410. The summed E-state index contributed by atoms with van der Waals surface area (Å²) in [6, 6.07) is 31.6. The zero-order valence-electron chi connectivity index (χ0n) is 36.0. The van der Waals surface area contributed by atoms with E-state index in [4.69, 9.17) is 23.7 Å². The summed E-state index contributed by atoms with van der Waals surface area (Å²) in [7, 11) is 0. The molecule has 0 spiro atoms. The Morgan fingerprint density at radius 2 is 0.764 bits per heavy atom. The number of hydrogen-bond acceptors (Lipinski definition) is 7. The highest BCUT2D eigenvalue weighted by molar-refractivity contribution is 5.69. The molecule has 0 fully saturated rings. The van der Waals surface area contributed by atoms with Crippen LogP contribution in [0, 0.1) is 23.7 Å². The first-order chi connectivity index (χ1) is 26.3. The monoisotopic (exact) mass is 757 g/mol. The Morgan fingerprint density at radius 1 is 0.400 bits per heavy atom. The fourth-order valence-corrected chi connectivity index (χ4v) is 4.08. The lowest BCUT2D eigenvalue weighted by Crippen LogP contribution is -2.17. The molecule has 0 unspecified atom stereocenters. The molecule has 0 radical (unpaired) electrons. The molecule has 4 aliphatic rings. The van der Waals surface area contributed by atoms with Crippen molar-refractivity contribution < 1.29 is 23.7 Å². The molecule has 7 heteroatoms. The van der Waals surface area contributed by atoms with Crippen LogP contribution in [0.5, 0.6) is 28.7 Å². The van der Waals surface area contributed by atoms with Gasteiger partial charge in [-0.15, -0.1) is 0 Å². The summed E-state index contributed by atoms with van der Waals surface area (Å²) < 4.78 is 26.1. The zero-order chi connectivity index (χ0) is 40.8. The predicted molar refractivity (Wildman–Crippen MR) is 236 cm³/mol. The zero-order valence-corrected chi connectivity index (χ0v) is 36.0. The van der Waals surface area contributed by atoms with E-state index < -0.39 is 0 Å². The molecule has 4 heterocycles. The van der Waals surface area contributed by atoms with E-state index in [1.807, 2.05) is 78.9 Å². The van der Waals surface area contributed by atoms with E-state index in [1.54, 1.807) is 0 Å². The second-order valence-electron chi connectivity index (χ2n) is 15.6. The summed E-state index contributed by atoms with van der Waals surface area (Å²) in [5.41, 5.74) is 3.63. The van der Waals surface area contributed by atoms with Gasteiger partial charge in [0.05, 0.1) is 5.69 Å². The maximum Gasteiger partial charge on any atom is 0.231 e. The smallest absolute Gasteiger partial charge is 0.231 e. The highest BCUT2D eigenvalue weighted by atomic mass is 16.7. The van der Waals surface area contributed by atoms with Gasteiger partial charge in [0.15, 0.2) is 23.0 Å². The van der Waals surface area contributed by atoms with Gasteiger partial charge in [-0.25, -0.2) is 0 Å². The van der Waals surface area contributed by atoms with Gasteiger partial charge < -0.3 is 34.3 Å². The molecule has 0 saturated heterocycles. The van der Waals surface area contributed by atoms with E-state index in [0.717, 1.165) is 77.8 Å². The molecular formula is C48H72N2O5. The van der Waals surface area contributed by atoms with Gasteiger partial charge in [-0.3, -0.25) is 0 Å². The quantitative estimate of drug-likeness (QED) is 0.185. The largest absolute Gasteiger partial charge is 0.490 e. The van der Waals surface area contributed by atoms with Gasteiger partial charge >= 0.3 is 0 Å². The molecular weight excluding hydrogens is 685 g/mol. The molecule has 4 aromatic rings. The summed E-state index contributed by atoms with van der Waals surface area (Å²) in [5.74, 6) is 7.70. The molecule has 4 aromatic carbocycles. The maximum absolute atomic E-state index is 5.36. The second-order valence-corrected chi connectivity index (χ2v) is 15.6. The fourth-order valence-electron chi connectivity index (χ4n) is 4.08. The number of nitrogens with one attached hydrogen (secondary N) is 2. The molecule has 0 aliphatic carbocycles. The minimum Gasteiger partial charge on any atom is -0.490 e. The first-order valence-electron chi connectivity index (χ1n) is 19.9. The van der Waals surface area contributed by atoms with Crippen LogP contribution >= 0.6 is 0 Å². The third kappa shape index (κ3) is 25.0. The average Bonchev–Trinajstić information content (AvgIpc) is 3.64. The lowest BCUT2D eigenvalue weighted by atomic mass is 10.1. The van der Waals surface area contributed by atoms with Crippen LogP contribution in [-0.2, 0) is 0 Å². The molecule has 0 saturated carbocycles. The summed E-state index contributed by atoms with van der Waals surface area (Å²) in [6.45, 7) is 30.3. The number of ether oxygens (including phenoxy) is 5. The third-order valence-electron chi connectivity index (χ3n) is 5.96. The van der Waals surface area contributed by atoms with Crippen molar-refractivity contribution in [1.29, 1.82) is 0 Å². The Hall–Kier alpha value is -4.78. The van der Waals surface area contributed by atoms with Gasteiger partial charge in [-0.1, -0.05) is 150 Å². The second kappa shape index (κ2) is 29.6. The summed E-state index contributed by atoms with van der Waals surface area (Å²) in [4.78, 5) is 0. The van der Waals surface area contributed by atoms with E-state index in [9.17, 15) is 0 Å². The Balaban J connectivity index is 0.000000326. The molecule has 0 atom stereocenters. The molecule has 0 aromatic heterocycles. The topological polar surface area (TPSA) is 70.2 Å². The van der Waals surface area contributed by atoms with Crippen molar-refractivity contribution in [3.05, 3.63) is 109 Å². The van der Waals surface area contributed by atoms with E-state index in [-0.39, 0.29) is 0 Å². The van der Waals surface area contributed by atoms with E-state index in [0.29, 0.717) is 20.0 Å². The number of hydrogen-bond donors (Lipinski definition) is 2. The number of benzene rings is 4. The van der Waals surface area contributed by atoms with Crippen LogP contribution < -0.4 is 34.3 Å². The van der Waals surface area contributed by atoms with Crippen LogP contribution in [0.15, 0.2) is 103 Å². The van der Waals surface area contributed by atoms with Gasteiger partial charge in [-0.05, 0) is 71.7 Å². The molecule has 2 N–H and O–H groups in total. The molecule has 4 aliphatic heterocycles. The first kappa shape index (κ1) is 48.2. The maximum atomic E-state index is 5.36. The fraction of sp³-hybridized carbons (Fsp3) is 0.458. The first-order valence-corrected chi connectivity index (χ1v) is 19.9. The molecule has 0 amide bonds. The van der Waals surface area contributed by atoms with Gasteiger partial charge in [0.1, 0.15) is 25.6 Å². The predicted octanol–water partition coefficient (Wildman–Crippen LogP) is 13.1. The van der Waals surface area contributed by atoms with Crippen molar-refractivity contribution in [1.82, 2.24) is 0 Å². The van der Waals surface area contributed by atoms with Gasteiger partial charge in [0.2, 0.25) is 6.79 Å². The normalized spacial score (nSPS) is 12.8. The molecule has 0 bridgehead atoms. The van der Waals surface area contributed by atoms with Crippen LogP contribution in [0.25, 0.3) is 6.08 Å². The van der Waals surface area contributed by atoms with Gasteiger partial charge in [-0.2, -0.15) is 0 Å². The molecule has 7 nitrogen and oxygen atoms in total. The van der Waals surface area contributed by atoms with Crippen LogP contribution in [0.4, 0.5) is 11.4 Å². The van der Waals surface area contributed by atoms with Crippen LogP contribution in [0.1, 0.15) is 88.6 Å². The Labute approximate surface area is 334 Å². The standard InChI is InChI=1S/C9H9N.C8H9NO.C8H8O2.C7H6O2.4C4H10/c1-2-6-9-8(4-1)5-3-7-10-9;2*1-2-4-8-7(3-1)9-5-6-10-8;1-2-4-7-6(3-1)8-5-9-7;4*1-4(2)3/h1-6,10H,7H2;1-4,9H,5-6H2;1-4H,5-6H2;1-4H,5H2;4*4H,1-3H3. The van der Waals surface area contributed by atoms with Gasteiger partial charge in [0, 0.05) is 18.8 Å². The SMILES string of the molecule is C1=Cc2ccccc2NC1.CC(C)C.CC(C)C.CC(C)C.CC(C)C.c1ccc2c(c1)NCCO2.c1ccc2c(c1)OCCO2.c1ccc2c(c1)OCO2. The summed E-state index contributed by atoms with van der Waals surface area (Å²) in [5, 5.41) is 6.51. The van der Waals surface area contributed by atoms with Crippen LogP contribution in [0.3, 0.4) is 0 Å². The number of para-hydroxylation sites is 7. The summed E-state index contributed by atoms with van der Waals surface area (Å²) in [6.07, 6.45) is 4.27. The third-order valence-corrected chi connectivity index (χ3v) is 5.96. The lowest BCUT2D eigenvalue weighted by Gasteiger charge is -2.17. The Kier molecular flexibility index (Phi) is 25.9. The summed E-state index contributed by atoms with van der Waals surface area (Å²) >= 11 is 0. The minimum atomic E-state index is 0.360. The number of rotatable bonds is 0. The minimum absolute atomic E-state index is 0.360. The molecule has 304 valence electrons. The van der Waals surface area contributed by atoms with E-state index >= 15 is 0 Å². The van der Waals surface area contributed by atoms with Crippen molar-refractivity contribution in [3.63, 3.8) is 0 Å². The number of fused-ring (bicyclic) bond motifs is 4. The van der Waals surface area contributed by atoms with Crippen molar-refractivity contribution in [3.8, 4) is 28.7 Å². The van der Waals surface area contributed by atoms with Crippen molar-refractivity contribution in [2.75, 3.05) is 50.3 Å². The van der Waals surface area contributed by atoms with Crippen molar-refractivity contribution >= 4 is 17.5 Å². The lowest BCUT2D eigenvalue weighted by molar-refractivity contribution is 0.171. The van der Waals surface area contributed by atoms with Crippen molar-refractivity contribution in [2.45, 2.75) is 83.1 Å². The van der Waals surface area contributed by atoms with E-state index in [1.165, 1.54) is 11.3 Å². The van der Waals surface area contributed by atoms with E-state index in [2.05, 4.69) is 124 Å².